The van der Waals surface area contributed by atoms with E-state index in [1.807, 2.05) is 12.1 Å². The number of rotatable bonds is 5. The minimum atomic E-state index is -0.297. The second-order valence-electron chi connectivity index (χ2n) is 5.14. The Morgan fingerprint density at radius 1 is 0.958 bits per heavy atom. The molecule has 0 atom stereocenters. The average molecular weight is 322 g/mol. The summed E-state index contributed by atoms with van der Waals surface area (Å²) >= 11 is 0. The molecule has 2 rings (SSSR count). The Hall–Kier alpha value is -3.33. The summed E-state index contributed by atoms with van der Waals surface area (Å²) in [4.78, 5) is 23.2. The van der Waals surface area contributed by atoms with Crippen LogP contribution >= 0.6 is 0 Å². The molecule has 0 aliphatic rings. The van der Waals surface area contributed by atoms with Gasteiger partial charge in [-0.1, -0.05) is 12.1 Å². The summed E-state index contributed by atoms with van der Waals surface area (Å²) in [6.07, 6.45) is 0.956. The molecular weight excluding hydrogens is 304 g/mol. The largest absolute Gasteiger partial charge is 0.341 e. The molecule has 0 fully saturated rings. The Morgan fingerprint density at radius 2 is 1.54 bits per heavy atom. The number of hydrogen-bond acceptors (Lipinski definition) is 3. The van der Waals surface area contributed by atoms with E-state index in [1.54, 1.807) is 36.4 Å². The van der Waals surface area contributed by atoms with Crippen LogP contribution in [0.2, 0.25) is 0 Å². The van der Waals surface area contributed by atoms with Crippen LogP contribution in [-0.4, -0.2) is 19.0 Å². The quantitative estimate of drug-likeness (QED) is 0.790. The van der Waals surface area contributed by atoms with E-state index in [-0.39, 0.29) is 11.9 Å². The molecule has 0 aliphatic carbocycles. The summed E-state index contributed by atoms with van der Waals surface area (Å²) in [7, 11) is 1.54. The van der Waals surface area contributed by atoms with Crippen molar-refractivity contribution in [1.29, 1.82) is 5.26 Å². The van der Waals surface area contributed by atoms with Crippen LogP contribution in [0.4, 0.5) is 16.2 Å². The van der Waals surface area contributed by atoms with E-state index >= 15 is 0 Å². The lowest BCUT2D eigenvalue weighted by molar-refractivity contribution is -0.116. The van der Waals surface area contributed by atoms with Gasteiger partial charge in [0.15, 0.2) is 0 Å². The van der Waals surface area contributed by atoms with E-state index < -0.39 is 0 Å². The van der Waals surface area contributed by atoms with Gasteiger partial charge < -0.3 is 16.0 Å². The van der Waals surface area contributed by atoms with E-state index in [0.29, 0.717) is 29.8 Å². The first-order valence-electron chi connectivity index (χ1n) is 7.48. The molecule has 24 heavy (non-hydrogen) atoms. The highest BCUT2D eigenvalue weighted by Crippen LogP contribution is 2.14. The first kappa shape index (κ1) is 17.0. The summed E-state index contributed by atoms with van der Waals surface area (Å²) in [6, 6.07) is 15.8. The molecule has 0 saturated heterocycles. The minimum absolute atomic E-state index is 0.0913. The number of nitriles is 1. The molecule has 3 amide bonds. The third-order valence-electron chi connectivity index (χ3n) is 3.38. The van der Waals surface area contributed by atoms with Gasteiger partial charge in [-0.2, -0.15) is 5.26 Å². The maximum absolute atomic E-state index is 12.0. The number of nitrogens with zero attached hydrogens (tertiary/aromatic N) is 1. The van der Waals surface area contributed by atoms with Crippen LogP contribution in [0.15, 0.2) is 48.5 Å². The van der Waals surface area contributed by atoms with Crippen molar-refractivity contribution in [2.75, 3.05) is 17.7 Å². The fraction of sp³-hybridized carbons (Fsp3) is 0.167. The molecule has 0 radical (unpaired) electrons. The van der Waals surface area contributed by atoms with Gasteiger partial charge in [-0.3, -0.25) is 4.79 Å². The van der Waals surface area contributed by atoms with E-state index in [1.165, 1.54) is 7.05 Å². The zero-order chi connectivity index (χ0) is 17.4. The van der Waals surface area contributed by atoms with Crippen LogP contribution in [0.1, 0.15) is 17.5 Å². The second kappa shape index (κ2) is 8.34. The van der Waals surface area contributed by atoms with Gasteiger partial charge in [0.1, 0.15) is 0 Å². The molecule has 2 aromatic carbocycles. The molecular formula is C18H18N4O2. The zero-order valence-electron chi connectivity index (χ0n) is 13.3. The highest BCUT2D eigenvalue weighted by molar-refractivity contribution is 5.92. The summed E-state index contributed by atoms with van der Waals surface area (Å²) in [5, 5.41) is 16.7. The zero-order valence-corrected chi connectivity index (χ0v) is 13.3. The number of nitrogens with one attached hydrogen (secondary N) is 3. The number of carbonyl (C=O) groups is 2. The molecule has 0 aromatic heterocycles. The van der Waals surface area contributed by atoms with Gasteiger partial charge in [-0.25, -0.2) is 4.79 Å². The number of hydrogen-bond donors (Lipinski definition) is 3. The number of benzene rings is 2. The van der Waals surface area contributed by atoms with Crippen LogP contribution in [-0.2, 0) is 11.2 Å². The van der Waals surface area contributed by atoms with E-state index in [4.69, 9.17) is 5.26 Å². The summed E-state index contributed by atoms with van der Waals surface area (Å²) in [6.45, 7) is 0. The van der Waals surface area contributed by atoms with Gasteiger partial charge in [0.2, 0.25) is 5.91 Å². The summed E-state index contributed by atoms with van der Waals surface area (Å²) in [5.74, 6) is -0.0913. The van der Waals surface area contributed by atoms with Crippen LogP contribution in [0.25, 0.3) is 0 Å². The number of urea groups is 1. The lowest BCUT2D eigenvalue weighted by Gasteiger charge is -2.08. The van der Waals surface area contributed by atoms with Crippen molar-refractivity contribution < 1.29 is 9.59 Å². The molecule has 0 saturated carbocycles. The summed E-state index contributed by atoms with van der Waals surface area (Å²) in [5.41, 5.74) is 2.93. The Morgan fingerprint density at radius 3 is 2.08 bits per heavy atom. The van der Waals surface area contributed by atoms with Crippen molar-refractivity contribution in [1.82, 2.24) is 5.32 Å². The first-order chi connectivity index (χ1) is 11.6. The number of amides is 3. The van der Waals surface area contributed by atoms with E-state index in [0.717, 1.165) is 5.56 Å². The maximum atomic E-state index is 12.0. The van der Waals surface area contributed by atoms with Crippen molar-refractivity contribution in [2.24, 2.45) is 0 Å². The molecule has 6 heteroatoms. The first-order valence-corrected chi connectivity index (χ1v) is 7.48. The minimum Gasteiger partial charge on any atom is -0.341 e. The second-order valence-corrected chi connectivity index (χ2v) is 5.14. The molecule has 6 nitrogen and oxygen atoms in total. The van der Waals surface area contributed by atoms with Gasteiger partial charge in [-0.15, -0.1) is 0 Å². The highest BCUT2D eigenvalue weighted by Gasteiger charge is 2.04. The molecule has 0 heterocycles. The van der Waals surface area contributed by atoms with Crippen LogP contribution in [0.5, 0.6) is 0 Å². The van der Waals surface area contributed by atoms with Crippen molar-refractivity contribution in [3.8, 4) is 6.07 Å². The van der Waals surface area contributed by atoms with Crippen molar-refractivity contribution in [2.45, 2.75) is 12.8 Å². The number of carbonyl (C=O) groups excluding carboxylic acids is 2. The Bertz CT molecular complexity index is 746. The van der Waals surface area contributed by atoms with Gasteiger partial charge in [0.25, 0.3) is 0 Å². The van der Waals surface area contributed by atoms with Gasteiger partial charge in [0.05, 0.1) is 11.6 Å². The number of aryl methyl sites for hydroxylation is 1. The third kappa shape index (κ3) is 5.14. The predicted octanol–water partition coefficient (Wildman–Crippen LogP) is 2.88. The fourth-order valence-electron chi connectivity index (χ4n) is 2.06. The van der Waals surface area contributed by atoms with Gasteiger partial charge >= 0.3 is 6.03 Å². The van der Waals surface area contributed by atoms with Crippen LogP contribution in [0.3, 0.4) is 0 Å². The molecule has 3 N–H and O–H groups in total. The van der Waals surface area contributed by atoms with Gasteiger partial charge in [0, 0.05) is 24.8 Å². The standard InChI is InChI=1S/C18H18N4O2/c1-20-18(24)22-16-9-7-15(8-10-16)21-17(23)11-6-13-2-4-14(12-19)5-3-13/h2-5,7-10H,6,11H2,1H3,(H,21,23)(H2,20,22,24). The van der Waals surface area contributed by atoms with Crippen LogP contribution in [0, 0.1) is 11.3 Å². The van der Waals surface area contributed by atoms with E-state index in [9.17, 15) is 9.59 Å². The smallest absolute Gasteiger partial charge is 0.318 e. The molecule has 2 aromatic rings. The normalized spacial score (nSPS) is 9.67. The summed E-state index contributed by atoms with van der Waals surface area (Å²) < 4.78 is 0. The fourth-order valence-corrected chi connectivity index (χ4v) is 2.06. The Balaban J connectivity index is 1.83. The third-order valence-corrected chi connectivity index (χ3v) is 3.38. The molecule has 0 bridgehead atoms. The highest BCUT2D eigenvalue weighted by atomic mass is 16.2. The average Bonchev–Trinajstić information content (AvgIpc) is 2.62. The molecule has 122 valence electrons. The molecule has 0 unspecified atom stereocenters. The molecule has 0 spiro atoms. The lowest BCUT2D eigenvalue weighted by atomic mass is 10.1. The van der Waals surface area contributed by atoms with Crippen LogP contribution < -0.4 is 16.0 Å². The molecule has 0 aliphatic heterocycles. The van der Waals surface area contributed by atoms with Crippen molar-refractivity contribution in [3.05, 3.63) is 59.7 Å². The Kier molecular flexibility index (Phi) is 5.92. The lowest BCUT2D eigenvalue weighted by Crippen LogP contribution is -2.24. The SMILES string of the molecule is CNC(=O)Nc1ccc(NC(=O)CCc2ccc(C#N)cc2)cc1. The van der Waals surface area contributed by atoms with Gasteiger partial charge in [-0.05, 0) is 48.4 Å². The monoisotopic (exact) mass is 322 g/mol. The number of anilines is 2. The Labute approximate surface area is 140 Å². The van der Waals surface area contributed by atoms with Crippen molar-refractivity contribution in [3.63, 3.8) is 0 Å². The van der Waals surface area contributed by atoms with Crippen molar-refractivity contribution >= 4 is 23.3 Å². The maximum Gasteiger partial charge on any atom is 0.318 e. The topological polar surface area (TPSA) is 94.0 Å². The van der Waals surface area contributed by atoms with E-state index in [2.05, 4.69) is 22.0 Å². The predicted molar refractivity (Wildman–Crippen MR) is 92.6 cm³/mol.